The Bertz CT molecular complexity index is 283. The van der Waals surface area contributed by atoms with Crippen LogP contribution in [0.5, 0.6) is 0 Å². The number of carboxylic acids is 1. The predicted octanol–water partition coefficient (Wildman–Crippen LogP) is 1.18. The average Bonchev–Trinajstić information content (AvgIpc) is 1.97. The topological polar surface area (TPSA) is 63.3 Å². The number of hydrogen-bond donors (Lipinski definition) is 2. The molecule has 0 heterocycles. The standard InChI is InChI=1S/C8H10FNO2/c1-8(7(11)12)4-5(10)2-3-6(8)9/h2-3H,4,10H2,1H3,(H,11,12). The molecule has 0 radical (unpaired) electrons. The Morgan fingerprint density at radius 3 is 2.75 bits per heavy atom. The van der Waals surface area contributed by atoms with Gasteiger partial charge < -0.3 is 10.8 Å². The second-order valence-corrected chi connectivity index (χ2v) is 3.07. The number of carbonyl (C=O) groups is 1. The van der Waals surface area contributed by atoms with Gasteiger partial charge in [-0.25, -0.2) is 4.39 Å². The molecule has 1 aliphatic rings. The maximum Gasteiger partial charge on any atom is 0.316 e. The molecule has 0 amide bonds. The molecule has 0 aromatic carbocycles. The third-order valence-electron chi connectivity index (χ3n) is 2.00. The first-order valence-corrected chi connectivity index (χ1v) is 3.52. The summed E-state index contributed by atoms with van der Waals surface area (Å²) in [6, 6.07) is 0. The molecule has 0 saturated carbocycles. The molecule has 4 heteroatoms. The van der Waals surface area contributed by atoms with Crippen molar-refractivity contribution < 1.29 is 14.3 Å². The van der Waals surface area contributed by atoms with Gasteiger partial charge in [-0.2, -0.15) is 0 Å². The van der Waals surface area contributed by atoms with Crippen LogP contribution >= 0.6 is 0 Å². The van der Waals surface area contributed by atoms with E-state index in [0.29, 0.717) is 5.70 Å². The molecule has 1 aliphatic carbocycles. The van der Waals surface area contributed by atoms with Gasteiger partial charge in [0.25, 0.3) is 0 Å². The van der Waals surface area contributed by atoms with Gasteiger partial charge in [0.1, 0.15) is 11.2 Å². The van der Waals surface area contributed by atoms with Crippen molar-refractivity contribution >= 4 is 5.97 Å². The predicted molar refractivity (Wildman–Crippen MR) is 41.8 cm³/mol. The van der Waals surface area contributed by atoms with Gasteiger partial charge in [0.05, 0.1) is 0 Å². The van der Waals surface area contributed by atoms with Crippen LogP contribution in [0.3, 0.4) is 0 Å². The van der Waals surface area contributed by atoms with Crippen LogP contribution in [0.2, 0.25) is 0 Å². The van der Waals surface area contributed by atoms with Crippen molar-refractivity contribution in [3.8, 4) is 0 Å². The highest BCUT2D eigenvalue weighted by Crippen LogP contribution is 2.36. The van der Waals surface area contributed by atoms with E-state index in [0.717, 1.165) is 6.08 Å². The third kappa shape index (κ3) is 1.20. The van der Waals surface area contributed by atoms with E-state index < -0.39 is 17.2 Å². The first kappa shape index (κ1) is 8.77. The van der Waals surface area contributed by atoms with Crippen molar-refractivity contribution in [3.63, 3.8) is 0 Å². The minimum absolute atomic E-state index is 0.0324. The van der Waals surface area contributed by atoms with Crippen LogP contribution in [0.4, 0.5) is 4.39 Å². The lowest BCUT2D eigenvalue weighted by atomic mass is 9.81. The Balaban J connectivity index is 3.04. The fourth-order valence-corrected chi connectivity index (χ4v) is 1.09. The molecule has 0 aliphatic heterocycles. The summed E-state index contributed by atoms with van der Waals surface area (Å²) in [6.07, 6.45) is 2.53. The van der Waals surface area contributed by atoms with E-state index >= 15 is 0 Å². The Kier molecular flexibility index (Phi) is 1.92. The molecule has 0 spiro atoms. The highest BCUT2D eigenvalue weighted by molar-refractivity contribution is 5.78. The van der Waals surface area contributed by atoms with Gasteiger partial charge in [0.2, 0.25) is 0 Å². The fraction of sp³-hybridized carbons (Fsp3) is 0.375. The number of hydrogen-bond acceptors (Lipinski definition) is 2. The summed E-state index contributed by atoms with van der Waals surface area (Å²) in [5, 5.41) is 8.72. The summed E-state index contributed by atoms with van der Waals surface area (Å²) in [5.41, 5.74) is 4.31. The maximum atomic E-state index is 13.0. The Morgan fingerprint density at radius 2 is 2.33 bits per heavy atom. The van der Waals surface area contributed by atoms with Crippen LogP contribution in [0.15, 0.2) is 23.7 Å². The SMILES string of the molecule is CC1(C(=O)O)CC(N)=CC=C1F. The molecule has 0 aromatic heterocycles. The Hall–Kier alpha value is -1.32. The van der Waals surface area contributed by atoms with Crippen LogP contribution in [-0.4, -0.2) is 11.1 Å². The highest BCUT2D eigenvalue weighted by Gasteiger charge is 2.39. The molecule has 1 unspecified atom stereocenters. The molecule has 0 bridgehead atoms. The number of nitrogens with two attached hydrogens (primary N) is 1. The molecule has 12 heavy (non-hydrogen) atoms. The Morgan fingerprint density at radius 1 is 1.75 bits per heavy atom. The van der Waals surface area contributed by atoms with Crippen molar-refractivity contribution in [1.82, 2.24) is 0 Å². The average molecular weight is 171 g/mol. The van der Waals surface area contributed by atoms with Gasteiger partial charge in [-0.15, -0.1) is 0 Å². The van der Waals surface area contributed by atoms with E-state index in [-0.39, 0.29) is 6.42 Å². The normalized spacial score (nSPS) is 29.2. The first-order valence-electron chi connectivity index (χ1n) is 3.52. The zero-order valence-electron chi connectivity index (χ0n) is 6.67. The van der Waals surface area contributed by atoms with Crippen molar-refractivity contribution in [1.29, 1.82) is 0 Å². The monoisotopic (exact) mass is 171 g/mol. The molecule has 1 atom stereocenters. The van der Waals surface area contributed by atoms with E-state index in [2.05, 4.69) is 0 Å². The van der Waals surface area contributed by atoms with Crippen LogP contribution in [0.25, 0.3) is 0 Å². The van der Waals surface area contributed by atoms with E-state index in [9.17, 15) is 9.18 Å². The summed E-state index contributed by atoms with van der Waals surface area (Å²) < 4.78 is 13.0. The van der Waals surface area contributed by atoms with Crippen LogP contribution in [-0.2, 0) is 4.79 Å². The lowest BCUT2D eigenvalue weighted by Gasteiger charge is -2.25. The maximum absolute atomic E-state index is 13.0. The summed E-state index contributed by atoms with van der Waals surface area (Å²) in [5.74, 6) is -1.84. The van der Waals surface area contributed by atoms with Gasteiger partial charge in [-0.05, 0) is 19.1 Å². The zero-order chi connectivity index (χ0) is 9.35. The molecular weight excluding hydrogens is 161 g/mol. The van der Waals surface area contributed by atoms with Crippen molar-refractivity contribution in [2.75, 3.05) is 0 Å². The quantitative estimate of drug-likeness (QED) is 0.622. The van der Waals surface area contributed by atoms with Crippen molar-refractivity contribution in [2.45, 2.75) is 13.3 Å². The second-order valence-electron chi connectivity index (χ2n) is 3.07. The third-order valence-corrected chi connectivity index (χ3v) is 2.00. The van der Waals surface area contributed by atoms with Crippen molar-refractivity contribution in [2.24, 2.45) is 11.1 Å². The van der Waals surface area contributed by atoms with Gasteiger partial charge in [0, 0.05) is 12.1 Å². The number of allylic oxidation sites excluding steroid dienone is 3. The summed E-state index contributed by atoms with van der Waals surface area (Å²) in [4.78, 5) is 10.7. The molecule has 0 fully saturated rings. The Labute approximate surface area is 69.4 Å². The van der Waals surface area contributed by atoms with Crippen LogP contribution in [0, 0.1) is 5.41 Å². The summed E-state index contributed by atoms with van der Waals surface area (Å²) in [6.45, 7) is 1.32. The molecule has 0 saturated heterocycles. The first-order chi connectivity index (χ1) is 5.47. The van der Waals surface area contributed by atoms with Gasteiger partial charge in [-0.1, -0.05) is 0 Å². The number of carboxylic acid groups (broad SMARTS) is 1. The molecular formula is C8H10FNO2. The number of halogens is 1. The van der Waals surface area contributed by atoms with E-state index in [4.69, 9.17) is 10.8 Å². The molecule has 1 rings (SSSR count). The highest BCUT2D eigenvalue weighted by atomic mass is 19.1. The van der Waals surface area contributed by atoms with E-state index in [1.165, 1.54) is 13.0 Å². The lowest BCUT2D eigenvalue weighted by molar-refractivity contribution is -0.146. The van der Waals surface area contributed by atoms with Crippen LogP contribution < -0.4 is 5.73 Å². The van der Waals surface area contributed by atoms with Gasteiger partial charge in [0.15, 0.2) is 0 Å². The number of rotatable bonds is 1. The molecule has 66 valence electrons. The van der Waals surface area contributed by atoms with E-state index in [1.807, 2.05) is 0 Å². The summed E-state index contributed by atoms with van der Waals surface area (Å²) >= 11 is 0. The molecule has 3 N–H and O–H groups in total. The smallest absolute Gasteiger partial charge is 0.316 e. The minimum atomic E-state index is -1.47. The summed E-state index contributed by atoms with van der Waals surface area (Å²) in [7, 11) is 0. The second kappa shape index (κ2) is 2.62. The largest absolute Gasteiger partial charge is 0.481 e. The molecule has 0 aromatic rings. The fourth-order valence-electron chi connectivity index (χ4n) is 1.09. The van der Waals surface area contributed by atoms with Crippen molar-refractivity contribution in [3.05, 3.63) is 23.7 Å². The van der Waals surface area contributed by atoms with Crippen LogP contribution in [0.1, 0.15) is 13.3 Å². The number of aliphatic carboxylic acids is 1. The van der Waals surface area contributed by atoms with Gasteiger partial charge in [-0.3, -0.25) is 4.79 Å². The zero-order valence-corrected chi connectivity index (χ0v) is 6.67. The van der Waals surface area contributed by atoms with E-state index in [1.54, 1.807) is 0 Å². The molecule has 3 nitrogen and oxygen atoms in total. The van der Waals surface area contributed by atoms with Gasteiger partial charge >= 0.3 is 5.97 Å². The lowest BCUT2D eigenvalue weighted by Crippen LogP contribution is -2.31. The minimum Gasteiger partial charge on any atom is -0.481 e.